The molecule has 21 heavy (non-hydrogen) atoms. The minimum atomic E-state index is -1.23. The molecule has 0 saturated carbocycles. The second-order valence-corrected chi connectivity index (χ2v) is 5.19. The van der Waals surface area contributed by atoms with Gasteiger partial charge in [-0.15, -0.1) is 0 Å². The molecule has 8 nitrogen and oxygen atoms in total. The van der Waals surface area contributed by atoms with Crippen molar-refractivity contribution < 1.29 is 19.5 Å². The summed E-state index contributed by atoms with van der Waals surface area (Å²) >= 11 is 0. The van der Waals surface area contributed by atoms with Gasteiger partial charge in [-0.05, 0) is 26.8 Å². The lowest BCUT2D eigenvalue weighted by Crippen LogP contribution is -2.41. The van der Waals surface area contributed by atoms with Gasteiger partial charge in [0.15, 0.2) is 0 Å². The van der Waals surface area contributed by atoms with Crippen LogP contribution in [-0.2, 0) is 16.1 Å². The highest BCUT2D eigenvalue weighted by molar-refractivity contribution is 5.96. The minimum Gasteiger partial charge on any atom is -0.481 e. The maximum Gasteiger partial charge on any atom is 0.321 e. The van der Waals surface area contributed by atoms with Crippen molar-refractivity contribution in [1.82, 2.24) is 20.6 Å². The molecule has 0 bridgehead atoms. The number of aryl methyl sites for hydroxylation is 1. The van der Waals surface area contributed by atoms with Crippen LogP contribution >= 0.6 is 0 Å². The Hall–Kier alpha value is -2.51. The largest absolute Gasteiger partial charge is 0.481 e. The maximum atomic E-state index is 11.6. The fourth-order valence-corrected chi connectivity index (χ4v) is 1.47. The molecule has 0 unspecified atom stereocenters. The van der Waals surface area contributed by atoms with Crippen LogP contribution in [0.3, 0.4) is 0 Å². The molecule has 0 aliphatic carbocycles. The first-order valence-corrected chi connectivity index (χ1v) is 6.30. The zero-order chi connectivity index (χ0) is 16.0. The van der Waals surface area contributed by atoms with Crippen LogP contribution in [0.4, 0.5) is 4.79 Å². The van der Waals surface area contributed by atoms with Gasteiger partial charge in [0.2, 0.25) is 5.91 Å². The van der Waals surface area contributed by atoms with Gasteiger partial charge in [-0.1, -0.05) is 0 Å². The van der Waals surface area contributed by atoms with Gasteiger partial charge in [-0.25, -0.2) is 14.8 Å². The molecule has 1 heterocycles. The van der Waals surface area contributed by atoms with Gasteiger partial charge >= 0.3 is 12.0 Å². The molecule has 1 aromatic rings. The van der Waals surface area contributed by atoms with Gasteiger partial charge in [-0.2, -0.15) is 0 Å². The number of rotatable bonds is 5. The zero-order valence-electron chi connectivity index (χ0n) is 12.1. The van der Waals surface area contributed by atoms with E-state index in [4.69, 9.17) is 5.11 Å². The Morgan fingerprint density at radius 1 is 1.33 bits per heavy atom. The van der Waals surface area contributed by atoms with Gasteiger partial charge in [0, 0.05) is 12.6 Å². The van der Waals surface area contributed by atoms with E-state index in [-0.39, 0.29) is 13.0 Å². The predicted molar refractivity (Wildman–Crippen MR) is 73.2 cm³/mol. The summed E-state index contributed by atoms with van der Waals surface area (Å²) in [5.41, 5.74) is -0.621. The third kappa shape index (κ3) is 5.55. The van der Waals surface area contributed by atoms with E-state index in [2.05, 4.69) is 20.6 Å². The second kappa shape index (κ2) is 6.78. The van der Waals surface area contributed by atoms with Crippen molar-refractivity contribution in [3.05, 3.63) is 23.8 Å². The van der Waals surface area contributed by atoms with E-state index in [1.165, 1.54) is 13.8 Å². The van der Waals surface area contributed by atoms with E-state index in [0.717, 1.165) is 0 Å². The topological polar surface area (TPSA) is 121 Å². The van der Waals surface area contributed by atoms with Crippen LogP contribution < -0.4 is 10.6 Å². The molecule has 1 aromatic heterocycles. The molecule has 3 N–H and O–H groups in total. The molecule has 0 radical (unpaired) electrons. The number of nitrogens with zero attached hydrogens (tertiary/aromatic N) is 2. The van der Waals surface area contributed by atoms with Crippen LogP contribution in [-0.4, -0.2) is 33.0 Å². The van der Waals surface area contributed by atoms with Crippen LogP contribution in [0, 0.1) is 12.3 Å². The standard InChI is InChI=1S/C13H18N4O4/c1-8-14-5-4-9(16-8)7-15-12(21)17-10(18)6-13(2,3)11(19)20/h4-5H,6-7H2,1-3H3,(H,19,20)(H2,15,17,18,21). The highest BCUT2D eigenvalue weighted by Gasteiger charge is 2.30. The maximum absolute atomic E-state index is 11.6. The summed E-state index contributed by atoms with van der Waals surface area (Å²) in [5, 5.41) is 13.5. The molecule has 114 valence electrons. The summed E-state index contributed by atoms with van der Waals surface area (Å²) in [4.78, 5) is 42.0. The minimum absolute atomic E-state index is 0.144. The highest BCUT2D eigenvalue weighted by Crippen LogP contribution is 2.19. The molecule has 0 fully saturated rings. The van der Waals surface area contributed by atoms with Crippen molar-refractivity contribution in [1.29, 1.82) is 0 Å². The Morgan fingerprint density at radius 3 is 2.57 bits per heavy atom. The number of carboxylic acid groups (broad SMARTS) is 1. The Labute approximate surface area is 122 Å². The van der Waals surface area contributed by atoms with E-state index in [0.29, 0.717) is 11.5 Å². The first-order chi connectivity index (χ1) is 9.70. The fourth-order valence-electron chi connectivity index (χ4n) is 1.47. The number of aromatic nitrogens is 2. The van der Waals surface area contributed by atoms with Crippen molar-refractivity contribution in [3.63, 3.8) is 0 Å². The van der Waals surface area contributed by atoms with Crippen LogP contribution in [0.15, 0.2) is 12.3 Å². The Kier molecular flexibility index (Phi) is 5.34. The third-order valence-electron chi connectivity index (χ3n) is 2.70. The average Bonchev–Trinajstić information content (AvgIpc) is 2.35. The van der Waals surface area contributed by atoms with E-state index in [1.54, 1.807) is 19.2 Å². The number of aliphatic carboxylic acids is 1. The summed E-state index contributed by atoms with van der Waals surface area (Å²) in [6, 6.07) is 0.945. The average molecular weight is 294 g/mol. The number of carbonyl (C=O) groups excluding carboxylic acids is 2. The summed E-state index contributed by atoms with van der Waals surface area (Å²) in [6.45, 7) is 4.69. The first kappa shape index (κ1) is 16.5. The van der Waals surface area contributed by atoms with Gasteiger partial charge in [0.25, 0.3) is 0 Å². The summed E-state index contributed by atoms with van der Waals surface area (Å²) < 4.78 is 0. The first-order valence-electron chi connectivity index (χ1n) is 6.30. The molecular weight excluding hydrogens is 276 g/mol. The van der Waals surface area contributed by atoms with Crippen molar-refractivity contribution in [2.24, 2.45) is 5.41 Å². The normalized spacial score (nSPS) is 10.8. The number of nitrogens with one attached hydrogen (secondary N) is 2. The Morgan fingerprint density at radius 2 is 2.00 bits per heavy atom. The molecule has 0 aliphatic heterocycles. The molecule has 0 aliphatic rings. The van der Waals surface area contributed by atoms with E-state index < -0.39 is 23.3 Å². The molecule has 8 heteroatoms. The zero-order valence-corrected chi connectivity index (χ0v) is 12.1. The van der Waals surface area contributed by atoms with E-state index in [9.17, 15) is 14.4 Å². The second-order valence-electron chi connectivity index (χ2n) is 5.19. The van der Waals surface area contributed by atoms with E-state index in [1.807, 2.05) is 0 Å². The summed E-state index contributed by atoms with van der Waals surface area (Å²) in [7, 11) is 0. The lowest BCUT2D eigenvalue weighted by molar-refractivity contribution is -0.149. The smallest absolute Gasteiger partial charge is 0.321 e. The highest BCUT2D eigenvalue weighted by atomic mass is 16.4. The number of imide groups is 1. The summed E-state index contributed by atoms with van der Waals surface area (Å²) in [6.07, 6.45) is 1.28. The number of carbonyl (C=O) groups is 3. The van der Waals surface area contributed by atoms with Gasteiger partial charge in [0.05, 0.1) is 17.7 Å². The van der Waals surface area contributed by atoms with Gasteiger partial charge < -0.3 is 10.4 Å². The van der Waals surface area contributed by atoms with Crippen molar-refractivity contribution >= 4 is 17.9 Å². The monoisotopic (exact) mass is 294 g/mol. The molecule has 3 amide bonds. The number of carboxylic acids is 1. The molecular formula is C13H18N4O4. The number of hydrogen-bond acceptors (Lipinski definition) is 5. The Bertz CT molecular complexity index is 557. The van der Waals surface area contributed by atoms with Crippen molar-refractivity contribution in [2.45, 2.75) is 33.7 Å². The number of urea groups is 1. The predicted octanol–water partition coefficient (Wildman–Crippen LogP) is 0.612. The molecule has 0 atom stereocenters. The molecule has 1 rings (SSSR count). The van der Waals surface area contributed by atoms with E-state index >= 15 is 0 Å². The summed E-state index contributed by atoms with van der Waals surface area (Å²) in [5.74, 6) is -1.18. The lowest BCUT2D eigenvalue weighted by atomic mass is 9.89. The quantitative estimate of drug-likeness (QED) is 0.731. The number of hydrogen-bond donors (Lipinski definition) is 3. The van der Waals surface area contributed by atoms with Crippen molar-refractivity contribution in [3.8, 4) is 0 Å². The molecule has 0 spiro atoms. The molecule has 0 saturated heterocycles. The SMILES string of the molecule is Cc1nccc(CNC(=O)NC(=O)CC(C)(C)C(=O)O)n1. The lowest BCUT2D eigenvalue weighted by Gasteiger charge is -2.17. The van der Waals surface area contributed by atoms with Crippen LogP contribution in [0.25, 0.3) is 0 Å². The van der Waals surface area contributed by atoms with Gasteiger partial charge in [-0.3, -0.25) is 14.9 Å². The van der Waals surface area contributed by atoms with Crippen LogP contribution in [0.5, 0.6) is 0 Å². The third-order valence-corrected chi connectivity index (χ3v) is 2.70. The van der Waals surface area contributed by atoms with Crippen molar-refractivity contribution in [2.75, 3.05) is 0 Å². The fraction of sp³-hybridized carbons (Fsp3) is 0.462. The van der Waals surface area contributed by atoms with Crippen LogP contribution in [0.2, 0.25) is 0 Å². The molecule has 0 aromatic carbocycles. The van der Waals surface area contributed by atoms with Gasteiger partial charge in [0.1, 0.15) is 5.82 Å². The van der Waals surface area contributed by atoms with Crippen LogP contribution in [0.1, 0.15) is 31.8 Å². The Balaban J connectivity index is 2.43. The number of amides is 3.